The molecule has 0 amide bonds. The molecule has 0 bridgehead atoms. The molecule has 0 saturated carbocycles. The third-order valence-electron chi connectivity index (χ3n) is 4.77. The molecule has 0 fully saturated rings. The average Bonchev–Trinajstić information content (AvgIpc) is 2.90. The van der Waals surface area contributed by atoms with Crippen molar-refractivity contribution >= 4 is 22.2 Å². The molecule has 26 heavy (non-hydrogen) atoms. The molecule has 0 saturated heterocycles. The van der Waals surface area contributed by atoms with Crippen molar-refractivity contribution in [3.05, 3.63) is 70.4 Å². The average molecular weight is 416 g/mol. The number of hydrogen-bond acceptors (Lipinski definition) is 0. The first-order chi connectivity index (χ1) is 12.0. The topological polar surface area (TPSA) is 0 Å². The number of fused-ring (bicyclic) bond motifs is 1. The van der Waals surface area contributed by atoms with E-state index in [-0.39, 0.29) is 19.2 Å². The quantitative estimate of drug-likeness (QED) is 0.320. The van der Waals surface area contributed by atoms with Gasteiger partial charge >= 0.3 is 173 Å². The Morgan fingerprint density at radius 2 is 1.69 bits per heavy atom. The predicted octanol–water partition coefficient (Wildman–Crippen LogP) is 7.48. The van der Waals surface area contributed by atoms with Gasteiger partial charge in [0.1, 0.15) is 0 Å². The molecule has 2 rings (SSSR count). The van der Waals surface area contributed by atoms with Crippen molar-refractivity contribution in [1.29, 1.82) is 0 Å². The Bertz CT molecular complexity index is 700. The second-order valence-corrected chi connectivity index (χ2v) is 22.3. The van der Waals surface area contributed by atoms with E-state index in [1.165, 1.54) is 5.56 Å². The van der Waals surface area contributed by atoms with Gasteiger partial charge in [0.2, 0.25) is 0 Å². The van der Waals surface area contributed by atoms with Gasteiger partial charge in [0.25, 0.3) is 0 Å². The zero-order valence-electron chi connectivity index (χ0n) is 17.9. The summed E-state index contributed by atoms with van der Waals surface area (Å²) in [6, 6.07) is 8.97. The minimum absolute atomic E-state index is 0.171. The Hall–Kier alpha value is -0.412. The Balaban J connectivity index is 2.32. The van der Waals surface area contributed by atoms with Crippen LogP contribution in [-0.4, -0.2) is 16.1 Å². The molecule has 1 aliphatic rings. The van der Waals surface area contributed by atoms with Crippen molar-refractivity contribution in [2.24, 2.45) is 0 Å². The monoisotopic (exact) mass is 415 g/mol. The second-order valence-electron chi connectivity index (χ2n) is 9.74. The maximum atomic E-state index is 2.52. The van der Waals surface area contributed by atoms with Crippen molar-refractivity contribution in [2.75, 3.05) is 0 Å². The van der Waals surface area contributed by atoms with Crippen molar-refractivity contribution in [2.45, 2.75) is 61.6 Å². The van der Waals surface area contributed by atoms with Gasteiger partial charge in [0.05, 0.1) is 0 Å². The molecule has 0 spiro atoms. The van der Waals surface area contributed by atoms with E-state index < -0.39 is 16.1 Å². The standard InChI is InChI=1S/C14H28Si2.C9H7.Ti/c1-13(2)12-14(16(6,7)8)10-9-11-15(3,4)5;1-2-5-9-7-3-6-8(9)4-1;/h9-12H,1-8H3;1-7H;. The van der Waals surface area contributed by atoms with Gasteiger partial charge in [-0.25, -0.2) is 0 Å². The van der Waals surface area contributed by atoms with Crippen LogP contribution in [0.15, 0.2) is 53.4 Å². The molecule has 0 N–H and O–H groups in total. The van der Waals surface area contributed by atoms with E-state index in [0.29, 0.717) is 8.45 Å². The molecule has 0 aliphatic heterocycles. The maximum absolute atomic E-state index is 2.52. The second kappa shape index (κ2) is 8.73. The third-order valence-corrected chi connectivity index (χ3v) is 11.9. The van der Waals surface area contributed by atoms with Crippen LogP contribution in [-0.2, 0) is 19.2 Å². The molecule has 2 unspecified atom stereocenters. The fourth-order valence-corrected chi connectivity index (χ4v) is 10.7. The summed E-state index contributed by atoms with van der Waals surface area (Å²) in [4.78, 5) is 0. The molecule has 1 aliphatic carbocycles. The summed E-state index contributed by atoms with van der Waals surface area (Å²) in [5.74, 6) is 1.61. The van der Waals surface area contributed by atoms with Gasteiger partial charge in [-0.15, -0.1) is 0 Å². The first-order valence-corrected chi connectivity index (χ1v) is 18.6. The summed E-state index contributed by atoms with van der Waals surface area (Å²) in [6.07, 6.45) is 9.71. The molecular weight excluding hydrogens is 380 g/mol. The van der Waals surface area contributed by atoms with Gasteiger partial charge in [-0.05, 0) is 0 Å². The van der Waals surface area contributed by atoms with Crippen LogP contribution in [0.3, 0.4) is 0 Å². The number of allylic oxidation sites excluding steroid dienone is 4. The summed E-state index contributed by atoms with van der Waals surface area (Å²) in [6.45, 7) is 19.5. The van der Waals surface area contributed by atoms with Crippen LogP contribution in [0.2, 0.25) is 43.5 Å². The van der Waals surface area contributed by atoms with Crippen molar-refractivity contribution in [3.63, 3.8) is 0 Å². The van der Waals surface area contributed by atoms with Crippen molar-refractivity contribution in [3.8, 4) is 0 Å². The van der Waals surface area contributed by atoms with E-state index in [1.54, 1.807) is 16.7 Å². The SMILES string of the molecule is C[C](C)[CH]([Ti][CH]1C=Cc2ccccc21)C(=CC=C[Si](C)(C)C)[Si](C)(C)C. The van der Waals surface area contributed by atoms with Crippen LogP contribution in [0, 0.1) is 5.92 Å². The van der Waals surface area contributed by atoms with E-state index in [2.05, 4.69) is 107 Å². The third kappa shape index (κ3) is 6.05. The normalized spacial score (nSPS) is 19.3. The molecule has 3 heteroatoms. The molecule has 0 aromatic heterocycles. The molecule has 0 heterocycles. The van der Waals surface area contributed by atoms with Gasteiger partial charge in [0, 0.05) is 0 Å². The van der Waals surface area contributed by atoms with Crippen molar-refractivity contribution < 1.29 is 19.2 Å². The van der Waals surface area contributed by atoms with E-state index in [1.807, 2.05) is 0 Å². The van der Waals surface area contributed by atoms with Crippen LogP contribution in [0.1, 0.15) is 29.2 Å². The van der Waals surface area contributed by atoms with Crippen LogP contribution < -0.4 is 0 Å². The molecule has 139 valence electrons. The van der Waals surface area contributed by atoms with Crippen molar-refractivity contribution in [1.82, 2.24) is 0 Å². The summed E-state index contributed by atoms with van der Waals surface area (Å²) in [7, 11) is -2.51. The zero-order valence-corrected chi connectivity index (χ0v) is 21.4. The molecule has 1 radical (unpaired) electrons. The van der Waals surface area contributed by atoms with Crippen LogP contribution in [0.4, 0.5) is 0 Å². The fourth-order valence-electron chi connectivity index (χ4n) is 3.36. The summed E-state index contributed by atoms with van der Waals surface area (Å²) in [5.41, 5.74) is 5.48. The molecule has 2 atom stereocenters. The van der Waals surface area contributed by atoms with E-state index in [0.717, 1.165) is 0 Å². The zero-order chi connectivity index (χ0) is 19.5. The number of hydrogen-bond donors (Lipinski definition) is 0. The number of rotatable bonds is 7. The Morgan fingerprint density at radius 1 is 1.04 bits per heavy atom. The Morgan fingerprint density at radius 3 is 2.27 bits per heavy atom. The Kier molecular flexibility index (Phi) is 7.35. The van der Waals surface area contributed by atoms with Gasteiger partial charge in [-0.1, -0.05) is 0 Å². The van der Waals surface area contributed by atoms with Crippen LogP contribution in [0.25, 0.3) is 6.08 Å². The van der Waals surface area contributed by atoms with Gasteiger partial charge in [-0.3, -0.25) is 0 Å². The molecule has 1 aromatic rings. The summed E-state index contributed by atoms with van der Waals surface area (Å²) < 4.78 is 1.38. The number of benzene rings is 1. The molecule has 1 aromatic carbocycles. The molecule has 0 nitrogen and oxygen atoms in total. The van der Waals surface area contributed by atoms with Gasteiger partial charge in [-0.2, -0.15) is 0 Å². The predicted molar refractivity (Wildman–Crippen MR) is 120 cm³/mol. The molecular formula is C23H35Si2Ti. The van der Waals surface area contributed by atoms with Gasteiger partial charge < -0.3 is 0 Å². The van der Waals surface area contributed by atoms with E-state index in [9.17, 15) is 0 Å². The Labute approximate surface area is 172 Å². The van der Waals surface area contributed by atoms with Crippen LogP contribution >= 0.6 is 0 Å². The fraction of sp³-hybridized carbons (Fsp3) is 0.435. The first kappa shape index (κ1) is 21.9. The van der Waals surface area contributed by atoms with E-state index >= 15 is 0 Å². The van der Waals surface area contributed by atoms with E-state index in [4.69, 9.17) is 0 Å². The van der Waals surface area contributed by atoms with Gasteiger partial charge in [0.15, 0.2) is 0 Å². The summed E-state index contributed by atoms with van der Waals surface area (Å²) in [5, 5.41) is 1.75. The van der Waals surface area contributed by atoms with Crippen LogP contribution in [0.5, 0.6) is 0 Å². The first-order valence-electron chi connectivity index (χ1n) is 9.72. The summed E-state index contributed by atoms with van der Waals surface area (Å²) >= 11 is -0.171. The minimum atomic E-state index is -1.36.